The predicted octanol–water partition coefficient (Wildman–Crippen LogP) is 9.38. The number of rotatable bonds is 3. The Labute approximate surface area is 238 Å². The van der Waals surface area contributed by atoms with Crippen molar-refractivity contribution in [2.24, 2.45) is 5.41 Å². The van der Waals surface area contributed by atoms with Crippen molar-refractivity contribution in [1.82, 2.24) is 0 Å². The van der Waals surface area contributed by atoms with Crippen LogP contribution in [0.1, 0.15) is 45.7 Å². The molecule has 0 heterocycles. The van der Waals surface area contributed by atoms with Crippen LogP contribution in [0.3, 0.4) is 0 Å². The Balaban J connectivity index is -0.000000467. The quantitative estimate of drug-likeness (QED) is 0.219. The van der Waals surface area contributed by atoms with E-state index < -0.39 is 0 Å². The zero-order valence-electron chi connectivity index (χ0n) is 24.4. The largest absolute Gasteiger partial charge is 4.00 e. The molecule has 0 aromatic heterocycles. The summed E-state index contributed by atoms with van der Waals surface area (Å²) in [6.07, 6.45) is 11.7. The van der Waals surface area contributed by atoms with Gasteiger partial charge in [0.25, 0.3) is 0 Å². The van der Waals surface area contributed by atoms with E-state index in [1.165, 1.54) is 27.8 Å². The summed E-state index contributed by atoms with van der Waals surface area (Å²) in [7, 11) is 10.5. The van der Waals surface area contributed by atoms with Gasteiger partial charge < -0.3 is 16.0 Å². The summed E-state index contributed by atoms with van der Waals surface area (Å²) < 4.78 is 0. The molecule has 0 unspecified atom stereocenters. The van der Waals surface area contributed by atoms with E-state index in [-0.39, 0.29) is 27.1 Å². The van der Waals surface area contributed by atoms with Crippen molar-refractivity contribution in [2.45, 2.75) is 34.6 Å². The molecule has 3 nitrogen and oxygen atoms in total. The van der Waals surface area contributed by atoms with Gasteiger partial charge in [-0.25, -0.2) is 5.57 Å². The minimum absolute atomic E-state index is 0. The molecule has 4 heteroatoms. The zero-order valence-corrected chi connectivity index (χ0v) is 26.0. The van der Waals surface area contributed by atoms with Gasteiger partial charge in [0.1, 0.15) is 0 Å². The van der Waals surface area contributed by atoms with Crippen LogP contribution in [-0.4, -0.2) is 42.3 Å². The molecular formula is C32H47N3Ti. The molecule has 0 saturated heterocycles. The average Bonchev–Trinajstić information content (AvgIpc) is 3.01. The summed E-state index contributed by atoms with van der Waals surface area (Å²) >= 11 is 0. The van der Waals surface area contributed by atoms with Crippen molar-refractivity contribution in [3.8, 4) is 0 Å². The third kappa shape index (κ3) is 19.2. The molecule has 0 spiro atoms. The van der Waals surface area contributed by atoms with E-state index in [0.717, 1.165) is 0 Å². The fourth-order valence-electron chi connectivity index (χ4n) is 2.87. The first-order valence-electron chi connectivity index (χ1n) is 11.8. The molecule has 0 fully saturated rings. The van der Waals surface area contributed by atoms with Crippen LogP contribution in [0, 0.1) is 11.5 Å². The van der Waals surface area contributed by atoms with E-state index in [9.17, 15) is 0 Å². The topological polar surface area (TPSA) is 42.3 Å². The molecule has 0 aliphatic heterocycles. The molecular weight excluding hydrogens is 474 g/mol. The summed E-state index contributed by atoms with van der Waals surface area (Å²) in [6.45, 7) is 10.9. The van der Waals surface area contributed by atoms with Crippen LogP contribution in [-0.2, 0) is 21.7 Å². The third-order valence-electron chi connectivity index (χ3n) is 4.85. The molecule has 1 aliphatic rings. The van der Waals surface area contributed by atoms with Crippen LogP contribution < -0.4 is 0 Å². The number of benzene rings is 2. The van der Waals surface area contributed by atoms with Crippen molar-refractivity contribution in [1.29, 1.82) is 0 Å². The Morgan fingerprint density at radius 2 is 0.917 bits per heavy atom. The number of hydrogen-bond acceptors (Lipinski definition) is 0. The van der Waals surface area contributed by atoms with Gasteiger partial charge in [0.15, 0.2) is 0 Å². The first-order valence-corrected chi connectivity index (χ1v) is 11.8. The van der Waals surface area contributed by atoms with Gasteiger partial charge >= 0.3 is 21.7 Å². The van der Waals surface area contributed by atoms with Gasteiger partial charge in [-0.2, -0.15) is 53.4 Å². The summed E-state index contributed by atoms with van der Waals surface area (Å²) in [4.78, 5) is 0. The molecule has 36 heavy (non-hydrogen) atoms. The minimum Gasteiger partial charge on any atom is -0.668 e. The Morgan fingerprint density at radius 3 is 1.11 bits per heavy atom. The van der Waals surface area contributed by atoms with Crippen LogP contribution in [0.4, 0.5) is 0 Å². The summed E-state index contributed by atoms with van der Waals surface area (Å²) in [5.41, 5.74) is 6.84. The van der Waals surface area contributed by atoms with Crippen molar-refractivity contribution in [3.63, 3.8) is 0 Å². The van der Waals surface area contributed by atoms with Crippen molar-refractivity contribution >= 4 is 12.2 Å². The molecule has 0 bridgehead atoms. The average molecular weight is 522 g/mol. The number of nitrogens with zero attached hydrogens (tertiary/aromatic N) is 3. The van der Waals surface area contributed by atoms with Gasteiger partial charge in [0, 0.05) is 0 Å². The summed E-state index contributed by atoms with van der Waals surface area (Å²) in [5, 5.41) is 10.5. The second-order valence-corrected chi connectivity index (χ2v) is 8.51. The van der Waals surface area contributed by atoms with Crippen LogP contribution in [0.5, 0.6) is 0 Å². The Bertz CT molecular complexity index is 828. The van der Waals surface area contributed by atoms with Gasteiger partial charge in [0.05, 0.1) is 0 Å². The normalized spacial score (nSPS) is 13.0. The summed E-state index contributed by atoms with van der Waals surface area (Å²) in [6, 6.07) is 20.6. The maximum absolute atomic E-state index is 3.50. The Hall–Kier alpha value is -2.01. The first kappa shape index (κ1) is 38.5. The standard InChI is InChI=1S/C16H14.C10H15.3C2H6N.Ti/c1-3-9-15(10-4-1)13-7-8-14-16-11-5-2-6-12-16;1-7-6-10(4,5)9(3)8(7)2;3*1-3-2;/h1-14H;1-5H3;3*1-2H3;/q;4*-1;+4. The smallest absolute Gasteiger partial charge is 0.668 e. The fourth-order valence-corrected chi connectivity index (χ4v) is 2.87. The van der Waals surface area contributed by atoms with Crippen LogP contribution in [0.2, 0.25) is 0 Å². The molecule has 2 aromatic rings. The third-order valence-corrected chi connectivity index (χ3v) is 4.85. The molecule has 0 N–H and O–H groups in total. The summed E-state index contributed by atoms with van der Waals surface area (Å²) in [5.74, 6) is 0. The SMILES string of the molecule is C(C=Cc1ccccc1)=Cc1ccccc1.CC1=[C-]C(C)(C)C(C)=C1C.C[N-]C.C[N-]C.C[N-]C.[Ti+4]. The number of allylic oxidation sites excluding steroid dienone is 6. The van der Waals surface area contributed by atoms with Crippen LogP contribution >= 0.6 is 0 Å². The van der Waals surface area contributed by atoms with E-state index in [4.69, 9.17) is 0 Å². The van der Waals surface area contributed by atoms with Crippen LogP contribution in [0.15, 0.2) is 89.5 Å². The molecule has 1 aliphatic carbocycles. The monoisotopic (exact) mass is 521 g/mol. The molecule has 0 atom stereocenters. The predicted molar refractivity (Wildman–Crippen MR) is 161 cm³/mol. The molecule has 0 radical (unpaired) electrons. The first-order chi connectivity index (χ1) is 16.6. The van der Waals surface area contributed by atoms with E-state index >= 15 is 0 Å². The molecule has 3 rings (SSSR count). The Kier molecular flexibility index (Phi) is 26.4. The number of hydrogen-bond donors (Lipinski definition) is 0. The van der Waals surface area contributed by atoms with Crippen LogP contribution in [0.25, 0.3) is 28.1 Å². The Morgan fingerprint density at radius 1 is 0.611 bits per heavy atom. The molecule has 2 aromatic carbocycles. The second-order valence-electron chi connectivity index (χ2n) is 8.51. The second kappa shape index (κ2) is 24.7. The zero-order chi connectivity index (χ0) is 27.1. The van der Waals surface area contributed by atoms with Crippen molar-refractivity contribution in [2.75, 3.05) is 42.3 Å². The minimum atomic E-state index is 0. The van der Waals surface area contributed by atoms with Gasteiger partial charge in [-0.15, -0.1) is 6.92 Å². The van der Waals surface area contributed by atoms with Gasteiger partial charge in [-0.3, -0.25) is 6.08 Å². The maximum atomic E-state index is 3.50. The van der Waals surface area contributed by atoms with Crippen molar-refractivity contribution < 1.29 is 21.7 Å². The van der Waals surface area contributed by atoms with E-state index in [1.54, 1.807) is 42.3 Å². The fraction of sp³-hybridized carbons (Fsp3) is 0.375. The van der Waals surface area contributed by atoms with Gasteiger partial charge in [-0.1, -0.05) is 118 Å². The van der Waals surface area contributed by atoms with Gasteiger partial charge in [-0.05, 0) is 11.1 Å². The van der Waals surface area contributed by atoms with E-state index in [0.29, 0.717) is 0 Å². The molecule has 0 saturated carbocycles. The molecule has 194 valence electrons. The molecule has 0 amide bonds. The van der Waals surface area contributed by atoms with Crippen molar-refractivity contribution in [3.05, 3.63) is 123 Å². The van der Waals surface area contributed by atoms with E-state index in [1.807, 2.05) is 36.4 Å². The van der Waals surface area contributed by atoms with Gasteiger partial charge in [0.2, 0.25) is 0 Å². The van der Waals surface area contributed by atoms with E-state index in [2.05, 4.69) is 105 Å². The maximum Gasteiger partial charge on any atom is 4.00 e.